The Balaban J connectivity index is 5.59. The minimum Gasteiger partial charge on any atom is -0.308 e. The van der Waals surface area contributed by atoms with Crippen LogP contribution in [-0.2, 0) is 0 Å². The molecule has 0 aromatic carbocycles. The van der Waals surface area contributed by atoms with Crippen molar-refractivity contribution in [1.82, 2.24) is 9.13 Å². The first-order chi connectivity index (χ1) is 11.5. The van der Waals surface area contributed by atoms with Crippen LogP contribution in [0.4, 0.5) is 0 Å². The summed E-state index contributed by atoms with van der Waals surface area (Å²) in [5, 5.41) is 1.29. The van der Waals surface area contributed by atoms with Gasteiger partial charge < -0.3 is 9.13 Å². The Kier molecular flexibility index (Phi) is 13.6. The highest BCUT2D eigenvalue weighted by Gasteiger charge is 2.41. The fourth-order valence-electron chi connectivity index (χ4n) is 3.29. The number of rotatable bonds is 16. The van der Waals surface area contributed by atoms with Crippen molar-refractivity contribution < 1.29 is 0 Å². The summed E-state index contributed by atoms with van der Waals surface area (Å²) in [5.74, 6) is 0. The highest BCUT2D eigenvalue weighted by atomic mass is 28.3. The van der Waals surface area contributed by atoms with Crippen LogP contribution in [-0.4, -0.2) is 43.7 Å². The van der Waals surface area contributed by atoms with Crippen LogP contribution in [0.25, 0.3) is 0 Å². The normalized spacial score (nSPS) is 12.1. The first kappa shape index (κ1) is 23.6. The standard InChI is InChI=1S/C21H44N2Si/c1-8-13-17-22(18-14-9-2)24(7,21(6)12-5)23(19-15-10-3)20-16-11-4/h12H,5-6,8-11,13-20H2,1-4,7H3. The maximum Gasteiger partial charge on any atom is 0.235 e. The van der Waals surface area contributed by atoms with Crippen molar-refractivity contribution in [3.63, 3.8) is 0 Å². The predicted octanol–water partition coefficient (Wildman–Crippen LogP) is 6.14. The topological polar surface area (TPSA) is 6.48 Å². The fraction of sp³-hybridized carbons (Fsp3) is 0.810. The minimum atomic E-state index is -1.91. The molecule has 0 aromatic rings. The van der Waals surface area contributed by atoms with E-state index in [1.54, 1.807) is 0 Å². The van der Waals surface area contributed by atoms with Crippen molar-refractivity contribution >= 4 is 8.40 Å². The zero-order valence-electron chi connectivity index (χ0n) is 17.4. The zero-order valence-corrected chi connectivity index (χ0v) is 18.4. The largest absolute Gasteiger partial charge is 0.308 e. The quantitative estimate of drug-likeness (QED) is 0.243. The molecule has 142 valence electrons. The molecule has 0 aliphatic carbocycles. The SMILES string of the molecule is C=CC(=C)[Si](C)(N(CCCC)CCCC)N(CCCC)CCCC. The van der Waals surface area contributed by atoms with Gasteiger partial charge in [0.2, 0.25) is 8.40 Å². The van der Waals surface area contributed by atoms with Gasteiger partial charge in [-0.3, -0.25) is 0 Å². The molecule has 0 aliphatic heterocycles. The highest BCUT2D eigenvalue weighted by molar-refractivity contribution is 6.81. The number of hydrogen-bond donors (Lipinski definition) is 0. The molecule has 0 amide bonds. The second-order valence-corrected chi connectivity index (χ2v) is 11.1. The van der Waals surface area contributed by atoms with E-state index in [0.29, 0.717) is 0 Å². The predicted molar refractivity (Wildman–Crippen MR) is 114 cm³/mol. The molecule has 0 radical (unpaired) electrons. The smallest absolute Gasteiger partial charge is 0.235 e. The van der Waals surface area contributed by atoms with E-state index < -0.39 is 8.40 Å². The summed E-state index contributed by atoms with van der Waals surface area (Å²) in [7, 11) is -1.91. The van der Waals surface area contributed by atoms with E-state index in [2.05, 4.69) is 56.5 Å². The van der Waals surface area contributed by atoms with Crippen molar-refractivity contribution in [1.29, 1.82) is 0 Å². The lowest BCUT2D eigenvalue weighted by atomic mass is 10.3. The summed E-state index contributed by atoms with van der Waals surface area (Å²) >= 11 is 0. The first-order valence-electron chi connectivity index (χ1n) is 10.3. The third-order valence-corrected chi connectivity index (χ3v) is 9.99. The highest BCUT2D eigenvalue weighted by Crippen LogP contribution is 2.26. The average Bonchev–Trinajstić information content (AvgIpc) is 2.60. The van der Waals surface area contributed by atoms with Crippen molar-refractivity contribution in [3.05, 3.63) is 24.4 Å². The van der Waals surface area contributed by atoms with Crippen molar-refractivity contribution in [3.8, 4) is 0 Å². The van der Waals surface area contributed by atoms with E-state index in [1.165, 1.54) is 82.7 Å². The molecule has 0 fully saturated rings. The van der Waals surface area contributed by atoms with Gasteiger partial charge in [-0.2, -0.15) is 0 Å². The van der Waals surface area contributed by atoms with Crippen molar-refractivity contribution in [2.24, 2.45) is 0 Å². The van der Waals surface area contributed by atoms with Gasteiger partial charge in [0.25, 0.3) is 0 Å². The lowest BCUT2D eigenvalue weighted by molar-refractivity contribution is 0.313. The Morgan fingerprint density at radius 2 is 1.04 bits per heavy atom. The Morgan fingerprint density at radius 1 is 0.750 bits per heavy atom. The van der Waals surface area contributed by atoms with Crippen molar-refractivity contribution in [2.75, 3.05) is 26.2 Å². The molecule has 0 heterocycles. The van der Waals surface area contributed by atoms with Gasteiger partial charge in [-0.1, -0.05) is 72.6 Å². The Labute approximate surface area is 154 Å². The van der Waals surface area contributed by atoms with Gasteiger partial charge in [0.15, 0.2) is 0 Å². The molecular formula is C21H44N2Si. The van der Waals surface area contributed by atoms with Crippen LogP contribution in [0.1, 0.15) is 79.1 Å². The summed E-state index contributed by atoms with van der Waals surface area (Å²) in [6.45, 7) is 25.1. The molecule has 24 heavy (non-hydrogen) atoms. The van der Waals surface area contributed by atoms with Gasteiger partial charge in [0, 0.05) is 0 Å². The summed E-state index contributed by atoms with van der Waals surface area (Å²) in [6, 6.07) is 0. The molecule has 0 aromatic heterocycles. The van der Waals surface area contributed by atoms with Crippen LogP contribution in [0, 0.1) is 0 Å². The molecule has 0 saturated carbocycles. The summed E-state index contributed by atoms with van der Waals surface area (Å²) in [6.07, 6.45) is 12.2. The molecule has 0 spiro atoms. The first-order valence-corrected chi connectivity index (χ1v) is 12.7. The summed E-state index contributed by atoms with van der Waals surface area (Å²) < 4.78 is 5.63. The molecule has 0 rings (SSSR count). The summed E-state index contributed by atoms with van der Waals surface area (Å²) in [5.41, 5.74) is 0. The lowest BCUT2D eigenvalue weighted by Crippen LogP contribution is -2.65. The van der Waals surface area contributed by atoms with Crippen molar-refractivity contribution in [2.45, 2.75) is 85.6 Å². The van der Waals surface area contributed by atoms with E-state index in [0.717, 1.165) is 0 Å². The van der Waals surface area contributed by atoms with Gasteiger partial charge >= 0.3 is 0 Å². The van der Waals surface area contributed by atoms with E-state index in [1.807, 2.05) is 6.08 Å². The fourth-order valence-corrected chi connectivity index (χ4v) is 7.26. The third kappa shape index (κ3) is 7.24. The Hall–Kier alpha value is -0.383. The molecule has 0 unspecified atom stereocenters. The van der Waals surface area contributed by atoms with E-state index in [9.17, 15) is 0 Å². The maximum atomic E-state index is 4.48. The third-order valence-electron chi connectivity index (χ3n) is 5.21. The van der Waals surface area contributed by atoms with Gasteiger partial charge in [0.05, 0.1) is 0 Å². The van der Waals surface area contributed by atoms with E-state index >= 15 is 0 Å². The molecule has 3 heteroatoms. The molecule has 0 atom stereocenters. The van der Waals surface area contributed by atoms with Gasteiger partial charge in [-0.25, -0.2) is 0 Å². The molecule has 2 nitrogen and oxygen atoms in total. The lowest BCUT2D eigenvalue weighted by Gasteiger charge is -2.48. The van der Waals surface area contributed by atoms with Crippen LogP contribution < -0.4 is 0 Å². The van der Waals surface area contributed by atoms with Gasteiger partial charge in [-0.15, -0.1) is 0 Å². The van der Waals surface area contributed by atoms with Gasteiger partial charge in [-0.05, 0) is 63.6 Å². The second-order valence-electron chi connectivity index (χ2n) is 7.14. The summed E-state index contributed by atoms with van der Waals surface area (Å²) in [4.78, 5) is 0. The zero-order chi connectivity index (χ0) is 18.4. The molecular weight excluding hydrogens is 308 g/mol. The second kappa shape index (κ2) is 13.9. The van der Waals surface area contributed by atoms with Crippen LogP contribution in [0.3, 0.4) is 0 Å². The molecule has 0 saturated heterocycles. The molecule has 0 aliphatic rings. The maximum absolute atomic E-state index is 4.48. The number of hydrogen-bond acceptors (Lipinski definition) is 2. The van der Waals surface area contributed by atoms with E-state index in [4.69, 9.17) is 0 Å². The number of unbranched alkanes of at least 4 members (excludes halogenated alkanes) is 4. The van der Waals surface area contributed by atoms with Crippen LogP contribution >= 0.6 is 0 Å². The number of nitrogens with zero attached hydrogens (tertiary/aromatic N) is 2. The van der Waals surface area contributed by atoms with Gasteiger partial charge in [0.1, 0.15) is 0 Å². The Morgan fingerprint density at radius 3 is 1.25 bits per heavy atom. The van der Waals surface area contributed by atoms with Crippen LogP contribution in [0.5, 0.6) is 0 Å². The molecule has 0 bridgehead atoms. The van der Waals surface area contributed by atoms with E-state index in [-0.39, 0.29) is 0 Å². The monoisotopic (exact) mass is 352 g/mol. The van der Waals surface area contributed by atoms with Crippen LogP contribution in [0.15, 0.2) is 24.4 Å². The average molecular weight is 353 g/mol. The minimum absolute atomic E-state index is 1.21. The van der Waals surface area contributed by atoms with Crippen LogP contribution in [0.2, 0.25) is 6.55 Å². The molecule has 0 N–H and O–H groups in total. The Bertz CT molecular complexity index is 305. The number of allylic oxidation sites excluding steroid dienone is 2.